The van der Waals surface area contributed by atoms with E-state index >= 15 is 0 Å². The molecule has 27 heavy (non-hydrogen) atoms. The molecule has 1 aromatic heterocycles. The summed E-state index contributed by atoms with van der Waals surface area (Å²) in [5.41, 5.74) is 2.35. The van der Waals surface area contributed by atoms with Crippen LogP contribution in [0.1, 0.15) is 24.2 Å². The Morgan fingerprint density at radius 2 is 1.74 bits per heavy atom. The van der Waals surface area contributed by atoms with Gasteiger partial charge in [-0.1, -0.05) is 13.8 Å². The molecule has 0 unspecified atom stereocenters. The van der Waals surface area contributed by atoms with Crippen LogP contribution in [-0.2, 0) is 0 Å². The lowest BCUT2D eigenvalue weighted by atomic mass is 10.2. The first-order chi connectivity index (χ1) is 13.0. The molecule has 0 saturated heterocycles. The third kappa shape index (κ3) is 5.08. The van der Waals surface area contributed by atoms with Gasteiger partial charge in [-0.05, 0) is 54.4 Å². The molecule has 0 aliphatic carbocycles. The average Bonchev–Trinajstić information content (AvgIpc) is 3.15. The number of anilines is 1. The van der Waals surface area contributed by atoms with Crippen molar-refractivity contribution >= 4 is 22.4 Å². The normalized spacial score (nSPS) is 10.7. The second kappa shape index (κ2) is 8.68. The number of carbonyl (C=O) groups is 1. The molecule has 140 valence electrons. The predicted molar refractivity (Wildman–Crippen MR) is 109 cm³/mol. The Labute approximate surface area is 163 Å². The number of ether oxygens (including phenoxy) is 2. The highest BCUT2D eigenvalue weighted by molar-refractivity contribution is 7.14. The Balaban J connectivity index is 1.63. The van der Waals surface area contributed by atoms with Crippen LogP contribution in [0.15, 0.2) is 53.9 Å². The summed E-state index contributed by atoms with van der Waals surface area (Å²) >= 11 is 1.39. The van der Waals surface area contributed by atoms with Gasteiger partial charge in [0.25, 0.3) is 5.91 Å². The Bertz CT molecular complexity index is 887. The molecule has 1 N–H and O–H groups in total. The van der Waals surface area contributed by atoms with E-state index < -0.39 is 0 Å². The number of carbonyl (C=O) groups excluding carboxylic acids is 1. The topological polar surface area (TPSA) is 60.5 Å². The number of aromatic nitrogens is 1. The number of hydrogen-bond donors (Lipinski definition) is 1. The van der Waals surface area contributed by atoms with Crippen molar-refractivity contribution in [1.29, 1.82) is 0 Å². The summed E-state index contributed by atoms with van der Waals surface area (Å²) in [6.07, 6.45) is 0. The summed E-state index contributed by atoms with van der Waals surface area (Å²) in [6.45, 7) is 4.84. The van der Waals surface area contributed by atoms with Crippen LogP contribution in [0.3, 0.4) is 0 Å². The Hall–Kier alpha value is -2.86. The van der Waals surface area contributed by atoms with Gasteiger partial charge in [-0.3, -0.25) is 10.1 Å². The van der Waals surface area contributed by atoms with Crippen molar-refractivity contribution in [3.05, 3.63) is 59.5 Å². The van der Waals surface area contributed by atoms with Crippen molar-refractivity contribution < 1.29 is 14.3 Å². The van der Waals surface area contributed by atoms with E-state index in [-0.39, 0.29) is 5.91 Å². The summed E-state index contributed by atoms with van der Waals surface area (Å²) in [5, 5.41) is 5.32. The molecule has 1 heterocycles. The number of methoxy groups -OCH3 is 1. The van der Waals surface area contributed by atoms with Gasteiger partial charge in [-0.15, -0.1) is 11.3 Å². The van der Waals surface area contributed by atoms with Crippen molar-refractivity contribution in [2.24, 2.45) is 5.92 Å². The van der Waals surface area contributed by atoms with Crippen molar-refractivity contribution in [3.8, 4) is 22.8 Å². The minimum Gasteiger partial charge on any atom is -0.497 e. The van der Waals surface area contributed by atoms with Crippen molar-refractivity contribution in [2.75, 3.05) is 19.0 Å². The zero-order valence-corrected chi connectivity index (χ0v) is 16.4. The molecule has 0 radical (unpaired) electrons. The van der Waals surface area contributed by atoms with Crippen LogP contribution in [0.2, 0.25) is 0 Å². The second-order valence-electron chi connectivity index (χ2n) is 6.45. The van der Waals surface area contributed by atoms with Gasteiger partial charge in [-0.2, -0.15) is 0 Å². The van der Waals surface area contributed by atoms with E-state index in [2.05, 4.69) is 24.1 Å². The molecule has 2 aromatic carbocycles. The van der Waals surface area contributed by atoms with Crippen LogP contribution < -0.4 is 14.8 Å². The van der Waals surface area contributed by atoms with E-state index in [0.29, 0.717) is 23.2 Å². The minimum absolute atomic E-state index is 0.193. The Morgan fingerprint density at radius 1 is 1.07 bits per heavy atom. The number of hydrogen-bond acceptors (Lipinski definition) is 5. The maximum atomic E-state index is 12.4. The average molecular weight is 382 g/mol. The molecular weight excluding hydrogens is 360 g/mol. The molecule has 5 nitrogen and oxygen atoms in total. The summed E-state index contributed by atoms with van der Waals surface area (Å²) in [6, 6.07) is 14.8. The molecule has 0 bridgehead atoms. The fourth-order valence-corrected chi connectivity index (χ4v) is 3.07. The summed E-state index contributed by atoms with van der Waals surface area (Å²) in [4.78, 5) is 16.9. The number of rotatable bonds is 7. The lowest BCUT2D eigenvalue weighted by molar-refractivity contribution is 0.102. The molecule has 0 saturated carbocycles. The second-order valence-corrected chi connectivity index (χ2v) is 7.31. The van der Waals surface area contributed by atoms with Crippen molar-refractivity contribution in [3.63, 3.8) is 0 Å². The molecule has 0 fully saturated rings. The molecule has 0 aliphatic rings. The fourth-order valence-electron chi connectivity index (χ4n) is 2.36. The minimum atomic E-state index is -0.193. The van der Waals surface area contributed by atoms with E-state index in [9.17, 15) is 4.79 Å². The first-order valence-corrected chi connectivity index (χ1v) is 9.57. The van der Waals surface area contributed by atoms with E-state index in [4.69, 9.17) is 9.47 Å². The van der Waals surface area contributed by atoms with Gasteiger partial charge in [-0.25, -0.2) is 4.98 Å². The van der Waals surface area contributed by atoms with Crippen molar-refractivity contribution in [1.82, 2.24) is 4.98 Å². The lowest BCUT2D eigenvalue weighted by Crippen LogP contribution is -2.11. The highest BCUT2D eigenvalue weighted by atomic mass is 32.1. The summed E-state index contributed by atoms with van der Waals surface area (Å²) in [7, 11) is 1.63. The first-order valence-electron chi connectivity index (χ1n) is 8.69. The third-order valence-corrected chi connectivity index (χ3v) is 4.57. The van der Waals surface area contributed by atoms with Gasteiger partial charge in [0.05, 0.1) is 19.4 Å². The van der Waals surface area contributed by atoms with Gasteiger partial charge < -0.3 is 9.47 Å². The smallest absolute Gasteiger partial charge is 0.257 e. The van der Waals surface area contributed by atoms with Crippen LogP contribution in [0.5, 0.6) is 11.5 Å². The Morgan fingerprint density at radius 3 is 2.37 bits per heavy atom. The standard InChI is InChI=1S/C21H22N2O3S/c1-14(2)12-26-18-10-6-16(7-11-18)20(24)23-21-22-19(13-27-21)15-4-8-17(25-3)9-5-15/h4-11,13-14H,12H2,1-3H3,(H,22,23,24). The fraction of sp³-hybridized carbons (Fsp3) is 0.238. The highest BCUT2D eigenvalue weighted by Gasteiger charge is 2.10. The van der Waals surface area contributed by atoms with Crippen LogP contribution in [-0.4, -0.2) is 24.6 Å². The number of benzene rings is 2. The van der Waals surface area contributed by atoms with E-state index in [0.717, 1.165) is 22.8 Å². The number of nitrogens with zero attached hydrogens (tertiary/aromatic N) is 1. The van der Waals surface area contributed by atoms with Gasteiger partial charge in [0.1, 0.15) is 11.5 Å². The molecular formula is C21H22N2O3S. The largest absolute Gasteiger partial charge is 0.497 e. The van der Waals surface area contributed by atoms with E-state index in [1.165, 1.54) is 11.3 Å². The molecule has 1 amide bonds. The predicted octanol–water partition coefficient (Wildman–Crippen LogP) is 5.11. The van der Waals surface area contributed by atoms with Gasteiger partial charge in [0.2, 0.25) is 0 Å². The van der Waals surface area contributed by atoms with Crippen LogP contribution in [0.25, 0.3) is 11.3 Å². The highest BCUT2D eigenvalue weighted by Crippen LogP contribution is 2.27. The molecule has 3 rings (SSSR count). The van der Waals surface area contributed by atoms with Gasteiger partial charge in [0.15, 0.2) is 5.13 Å². The molecule has 0 atom stereocenters. The molecule has 0 aliphatic heterocycles. The van der Waals surface area contributed by atoms with Crippen LogP contribution >= 0.6 is 11.3 Å². The molecule has 3 aromatic rings. The van der Waals surface area contributed by atoms with Crippen molar-refractivity contribution in [2.45, 2.75) is 13.8 Å². The SMILES string of the molecule is COc1ccc(-c2csc(NC(=O)c3ccc(OCC(C)C)cc3)n2)cc1. The third-order valence-electron chi connectivity index (χ3n) is 3.81. The van der Waals surface area contributed by atoms with E-state index in [1.807, 2.05) is 41.8 Å². The van der Waals surface area contributed by atoms with Gasteiger partial charge in [0, 0.05) is 16.5 Å². The number of thiazole rings is 1. The molecule has 0 spiro atoms. The van der Waals surface area contributed by atoms with Gasteiger partial charge >= 0.3 is 0 Å². The number of nitrogens with one attached hydrogen (secondary N) is 1. The maximum absolute atomic E-state index is 12.4. The van der Waals surface area contributed by atoms with Crippen LogP contribution in [0.4, 0.5) is 5.13 Å². The molecule has 6 heteroatoms. The zero-order valence-electron chi connectivity index (χ0n) is 15.6. The quantitative estimate of drug-likeness (QED) is 0.617. The first kappa shape index (κ1) is 18.9. The number of amides is 1. The zero-order chi connectivity index (χ0) is 19.2. The maximum Gasteiger partial charge on any atom is 0.257 e. The summed E-state index contributed by atoms with van der Waals surface area (Å²) in [5.74, 6) is 1.82. The Kier molecular flexibility index (Phi) is 6.08. The lowest BCUT2D eigenvalue weighted by Gasteiger charge is -2.09. The summed E-state index contributed by atoms with van der Waals surface area (Å²) < 4.78 is 10.8. The monoisotopic (exact) mass is 382 g/mol. The van der Waals surface area contributed by atoms with E-state index in [1.54, 1.807) is 19.2 Å². The van der Waals surface area contributed by atoms with Crippen LogP contribution in [0, 0.1) is 5.92 Å².